The zero-order chi connectivity index (χ0) is 20.9. The number of ether oxygens (including phenoxy) is 2. The molecule has 0 aromatic rings. The van der Waals surface area contributed by atoms with E-state index in [0.717, 1.165) is 25.7 Å². The number of unbranched alkanes of at least 4 members (excludes halogenated alkanes) is 8. The lowest BCUT2D eigenvalue weighted by Crippen LogP contribution is -2.53. The standard InChI is InChI=1S/C23H43NO4/c1-5-6-7-8-9-10-11-12-15-18-27-20(25)23(16-13-14-17-23)24-21(26)28-19-22(2,3)4/h5-19H2,1-4H3,(H,24,26). The van der Waals surface area contributed by atoms with Crippen molar-refractivity contribution in [2.45, 2.75) is 117 Å². The first-order chi connectivity index (χ1) is 13.3. The van der Waals surface area contributed by atoms with Crippen molar-refractivity contribution in [3.63, 3.8) is 0 Å². The van der Waals surface area contributed by atoms with Crippen molar-refractivity contribution in [1.82, 2.24) is 5.32 Å². The second-order valence-electron chi connectivity index (χ2n) is 9.52. The van der Waals surface area contributed by atoms with Crippen molar-refractivity contribution < 1.29 is 19.1 Å². The van der Waals surface area contributed by atoms with Crippen molar-refractivity contribution in [3.8, 4) is 0 Å². The zero-order valence-electron chi connectivity index (χ0n) is 18.7. The van der Waals surface area contributed by atoms with Crippen LogP contribution in [0.15, 0.2) is 0 Å². The molecular weight excluding hydrogens is 354 g/mol. The zero-order valence-corrected chi connectivity index (χ0v) is 18.7. The Bertz CT molecular complexity index is 450. The van der Waals surface area contributed by atoms with Crippen molar-refractivity contribution in [2.75, 3.05) is 13.2 Å². The average Bonchev–Trinajstić information content (AvgIpc) is 3.10. The van der Waals surface area contributed by atoms with E-state index in [-0.39, 0.29) is 11.4 Å². The third kappa shape index (κ3) is 10.3. The van der Waals surface area contributed by atoms with Gasteiger partial charge in [0.1, 0.15) is 5.54 Å². The molecule has 0 aromatic heterocycles. The molecule has 5 heteroatoms. The molecule has 5 nitrogen and oxygen atoms in total. The molecule has 1 rings (SSSR count). The molecule has 0 spiro atoms. The van der Waals surface area contributed by atoms with Crippen LogP contribution in [0.4, 0.5) is 4.79 Å². The first-order valence-electron chi connectivity index (χ1n) is 11.4. The quantitative estimate of drug-likeness (QED) is 0.299. The van der Waals surface area contributed by atoms with Crippen LogP contribution < -0.4 is 5.32 Å². The van der Waals surface area contributed by atoms with Gasteiger partial charge in [-0.25, -0.2) is 9.59 Å². The molecule has 0 atom stereocenters. The van der Waals surface area contributed by atoms with E-state index in [1.54, 1.807) is 0 Å². The van der Waals surface area contributed by atoms with Crippen LogP contribution in [0.5, 0.6) is 0 Å². The molecule has 0 bridgehead atoms. The Hall–Kier alpha value is -1.26. The van der Waals surface area contributed by atoms with E-state index in [0.29, 0.717) is 26.1 Å². The smallest absolute Gasteiger partial charge is 0.408 e. The molecule has 1 fully saturated rings. The number of esters is 1. The van der Waals surface area contributed by atoms with Gasteiger partial charge in [0.2, 0.25) is 0 Å². The van der Waals surface area contributed by atoms with E-state index in [1.807, 2.05) is 20.8 Å². The topological polar surface area (TPSA) is 64.6 Å². The largest absolute Gasteiger partial charge is 0.464 e. The third-order valence-electron chi connectivity index (χ3n) is 5.31. The van der Waals surface area contributed by atoms with Crippen LogP contribution in [0.1, 0.15) is 111 Å². The summed E-state index contributed by atoms with van der Waals surface area (Å²) < 4.78 is 10.8. The molecule has 0 saturated heterocycles. The Morgan fingerprint density at radius 1 is 0.857 bits per heavy atom. The molecule has 0 radical (unpaired) electrons. The molecule has 164 valence electrons. The number of hydrogen-bond acceptors (Lipinski definition) is 4. The number of rotatable bonds is 13. The van der Waals surface area contributed by atoms with Gasteiger partial charge in [0.05, 0.1) is 13.2 Å². The van der Waals surface area contributed by atoms with Gasteiger partial charge in [-0.3, -0.25) is 0 Å². The van der Waals surface area contributed by atoms with E-state index in [9.17, 15) is 9.59 Å². The Morgan fingerprint density at radius 2 is 1.39 bits per heavy atom. The Balaban J connectivity index is 2.24. The fourth-order valence-electron chi connectivity index (χ4n) is 3.59. The van der Waals surface area contributed by atoms with Crippen LogP contribution in [0.25, 0.3) is 0 Å². The Labute approximate surface area is 172 Å². The molecule has 0 aliphatic heterocycles. The summed E-state index contributed by atoms with van der Waals surface area (Å²) >= 11 is 0. The molecule has 1 N–H and O–H groups in total. The van der Waals surface area contributed by atoms with Gasteiger partial charge >= 0.3 is 12.1 Å². The van der Waals surface area contributed by atoms with Gasteiger partial charge in [0.25, 0.3) is 0 Å². The highest BCUT2D eigenvalue weighted by molar-refractivity contribution is 5.86. The molecule has 1 aliphatic carbocycles. The van der Waals surface area contributed by atoms with Crippen LogP contribution in [0.2, 0.25) is 0 Å². The SMILES string of the molecule is CCCCCCCCCCCOC(=O)C1(NC(=O)OCC(C)(C)C)CCCC1. The molecule has 0 unspecified atom stereocenters. The summed E-state index contributed by atoms with van der Waals surface area (Å²) in [7, 11) is 0. The highest BCUT2D eigenvalue weighted by Crippen LogP contribution is 2.31. The minimum atomic E-state index is -0.895. The Morgan fingerprint density at radius 3 is 1.93 bits per heavy atom. The summed E-state index contributed by atoms with van der Waals surface area (Å²) in [6, 6.07) is 0. The van der Waals surface area contributed by atoms with Crippen LogP contribution in [-0.4, -0.2) is 30.8 Å². The number of hydrogen-bond donors (Lipinski definition) is 1. The number of carbonyl (C=O) groups excluding carboxylic acids is 2. The third-order valence-corrected chi connectivity index (χ3v) is 5.31. The summed E-state index contributed by atoms with van der Waals surface area (Å²) in [4.78, 5) is 24.8. The van der Waals surface area contributed by atoms with Gasteiger partial charge in [-0.1, -0.05) is 91.9 Å². The van der Waals surface area contributed by atoms with E-state index >= 15 is 0 Å². The van der Waals surface area contributed by atoms with E-state index < -0.39 is 11.6 Å². The summed E-state index contributed by atoms with van der Waals surface area (Å²) in [5, 5.41) is 2.81. The van der Waals surface area contributed by atoms with Gasteiger partial charge in [0.15, 0.2) is 0 Å². The van der Waals surface area contributed by atoms with Crippen LogP contribution in [0.3, 0.4) is 0 Å². The minimum Gasteiger partial charge on any atom is -0.464 e. The van der Waals surface area contributed by atoms with E-state index in [1.165, 1.54) is 44.9 Å². The van der Waals surface area contributed by atoms with Gasteiger partial charge in [-0.05, 0) is 24.7 Å². The number of nitrogens with one attached hydrogen (secondary N) is 1. The van der Waals surface area contributed by atoms with Gasteiger partial charge in [-0.2, -0.15) is 0 Å². The molecule has 28 heavy (non-hydrogen) atoms. The van der Waals surface area contributed by atoms with Crippen molar-refractivity contribution in [3.05, 3.63) is 0 Å². The molecule has 1 saturated carbocycles. The Kier molecular flexibility index (Phi) is 11.6. The average molecular weight is 398 g/mol. The highest BCUT2D eigenvalue weighted by atomic mass is 16.6. The maximum atomic E-state index is 12.6. The fourth-order valence-corrected chi connectivity index (χ4v) is 3.59. The lowest BCUT2D eigenvalue weighted by Gasteiger charge is -2.28. The van der Waals surface area contributed by atoms with Crippen molar-refractivity contribution >= 4 is 12.1 Å². The predicted octanol–water partition coefficient (Wildman–Crippen LogP) is 6.15. The summed E-state index contributed by atoms with van der Waals surface area (Å²) in [5.41, 5.74) is -0.995. The van der Waals surface area contributed by atoms with Crippen LogP contribution in [0, 0.1) is 5.41 Å². The second-order valence-corrected chi connectivity index (χ2v) is 9.52. The number of amides is 1. The van der Waals surface area contributed by atoms with Gasteiger partial charge in [-0.15, -0.1) is 0 Å². The highest BCUT2D eigenvalue weighted by Gasteiger charge is 2.44. The molecule has 0 aromatic carbocycles. The van der Waals surface area contributed by atoms with Gasteiger partial charge in [0, 0.05) is 0 Å². The van der Waals surface area contributed by atoms with Crippen molar-refractivity contribution in [2.24, 2.45) is 5.41 Å². The normalized spacial score (nSPS) is 16.0. The first kappa shape index (κ1) is 24.8. The monoisotopic (exact) mass is 397 g/mol. The van der Waals surface area contributed by atoms with Crippen molar-refractivity contribution in [1.29, 1.82) is 0 Å². The second kappa shape index (κ2) is 13.1. The van der Waals surface area contributed by atoms with E-state index in [4.69, 9.17) is 9.47 Å². The van der Waals surface area contributed by atoms with Crippen LogP contribution >= 0.6 is 0 Å². The molecular formula is C23H43NO4. The number of alkyl carbamates (subject to hydrolysis) is 1. The summed E-state index contributed by atoms with van der Waals surface area (Å²) in [5.74, 6) is -0.294. The number of carbonyl (C=O) groups is 2. The predicted molar refractivity (Wildman–Crippen MR) is 113 cm³/mol. The molecule has 1 amide bonds. The maximum Gasteiger partial charge on any atom is 0.408 e. The lowest BCUT2D eigenvalue weighted by molar-refractivity contribution is -0.151. The summed E-state index contributed by atoms with van der Waals surface area (Å²) in [6.45, 7) is 9.01. The van der Waals surface area contributed by atoms with E-state index in [2.05, 4.69) is 12.2 Å². The fraction of sp³-hybridized carbons (Fsp3) is 0.913. The lowest BCUT2D eigenvalue weighted by atomic mass is 9.98. The van der Waals surface area contributed by atoms with Crippen LogP contribution in [-0.2, 0) is 14.3 Å². The molecule has 1 aliphatic rings. The maximum absolute atomic E-state index is 12.6. The van der Waals surface area contributed by atoms with Gasteiger partial charge < -0.3 is 14.8 Å². The summed E-state index contributed by atoms with van der Waals surface area (Å²) in [6.07, 6.45) is 13.7. The minimum absolute atomic E-state index is 0.101. The molecule has 0 heterocycles. The first-order valence-corrected chi connectivity index (χ1v) is 11.4.